The second-order valence-electron chi connectivity index (χ2n) is 18.4. The normalized spacial score (nSPS) is 22.5. The summed E-state index contributed by atoms with van der Waals surface area (Å²) in [7, 11) is 3.79. The van der Waals surface area contributed by atoms with Crippen LogP contribution in [-0.2, 0) is 47.8 Å². The summed E-state index contributed by atoms with van der Waals surface area (Å²) in [5.41, 5.74) is 8.57. The van der Waals surface area contributed by atoms with Crippen LogP contribution in [0.4, 0.5) is 4.79 Å². The molecule has 0 unspecified atom stereocenters. The first kappa shape index (κ1) is 55.0. The summed E-state index contributed by atoms with van der Waals surface area (Å²) in [5.74, 6) is -9.17. The molecule has 0 radical (unpaired) electrons. The van der Waals surface area contributed by atoms with Crippen LogP contribution < -0.4 is 48.7 Å². The summed E-state index contributed by atoms with van der Waals surface area (Å²) >= 11 is 0. The smallest absolute Gasteiger partial charge is 0.404 e. The zero-order valence-corrected chi connectivity index (χ0v) is 40.5. The predicted octanol–water partition coefficient (Wildman–Crippen LogP) is -1.96. The molecule has 1 aliphatic carbocycles. The Labute approximate surface area is 400 Å². The van der Waals surface area contributed by atoms with Gasteiger partial charge in [0.2, 0.25) is 29.3 Å². The highest BCUT2D eigenvalue weighted by Gasteiger charge is 2.72. The van der Waals surface area contributed by atoms with Gasteiger partial charge in [-0.3, -0.25) is 39.0 Å². The van der Waals surface area contributed by atoms with Gasteiger partial charge in [-0.15, -0.1) is 0 Å². The van der Waals surface area contributed by atoms with E-state index in [1.807, 2.05) is 13.8 Å². The number of hydrogen-bond donors (Lipinski definition) is 13. The van der Waals surface area contributed by atoms with E-state index in [4.69, 9.17) is 26.4 Å². The molecule has 15 N–H and O–H groups in total. The number of carboxylic acid groups (broad SMARTS) is 3. The molecule has 0 saturated carbocycles. The summed E-state index contributed by atoms with van der Waals surface area (Å²) in [4.78, 5) is 118. The summed E-state index contributed by atoms with van der Waals surface area (Å²) in [6.45, 7) is 10.4. The number of nitrogens with two attached hydrogens (primary N) is 2. The van der Waals surface area contributed by atoms with Crippen molar-refractivity contribution < 1.29 is 67.9 Å². The van der Waals surface area contributed by atoms with E-state index in [2.05, 4.69) is 37.2 Å². The molecular formula is C41H63N11O14S2. The maximum atomic E-state index is 14.3. The Balaban J connectivity index is 1.37. The number of carbonyl (C=O) groups excluding carboxylic acids is 6. The molecule has 2 fully saturated rings. The van der Waals surface area contributed by atoms with Gasteiger partial charge >= 0.3 is 24.0 Å². The minimum absolute atomic E-state index is 0.0227. The molecule has 27 heteroatoms. The van der Waals surface area contributed by atoms with Gasteiger partial charge in [0, 0.05) is 60.0 Å². The van der Waals surface area contributed by atoms with Gasteiger partial charge in [-0.25, -0.2) is 9.59 Å². The predicted molar refractivity (Wildman–Crippen MR) is 246 cm³/mol. The van der Waals surface area contributed by atoms with Crippen molar-refractivity contribution in [2.24, 2.45) is 17.4 Å². The van der Waals surface area contributed by atoms with Gasteiger partial charge in [0.05, 0.1) is 42.2 Å². The number of aliphatic carboxylic acids is 3. The number of rotatable bonds is 27. The second kappa shape index (κ2) is 22.6. The van der Waals surface area contributed by atoms with E-state index in [0.717, 1.165) is 10.8 Å². The largest absolute Gasteiger partial charge is 0.481 e. The Morgan fingerprint density at radius 2 is 1.49 bits per heavy atom. The molecular weight excluding hydrogens is 935 g/mol. The zero-order chi connectivity index (χ0) is 51.1. The summed E-state index contributed by atoms with van der Waals surface area (Å²) < 4.78 is 11.2. The fourth-order valence-corrected chi connectivity index (χ4v) is 10.9. The highest BCUT2D eigenvalue weighted by Crippen LogP contribution is 2.55. The second-order valence-corrected chi connectivity index (χ2v) is 21.1. The average Bonchev–Trinajstić information content (AvgIpc) is 3.84. The van der Waals surface area contributed by atoms with Crippen molar-refractivity contribution in [2.75, 3.05) is 38.3 Å². The lowest BCUT2D eigenvalue weighted by Gasteiger charge is -2.39. The first-order valence-corrected chi connectivity index (χ1v) is 24.1. The fourth-order valence-electron chi connectivity index (χ4n) is 8.39. The highest BCUT2D eigenvalue weighted by molar-refractivity contribution is 8.76. The number of carbonyl (C=O) groups is 9. The first-order valence-electron chi connectivity index (χ1n) is 21.6. The number of nitrogens with one attached hydrogen (secondary N) is 8. The van der Waals surface area contributed by atoms with Crippen LogP contribution in [0.5, 0.6) is 0 Å². The Morgan fingerprint density at radius 3 is 2.06 bits per heavy atom. The summed E-state index contributed by atoms with van der Waals surface area (Å²) in [6.07, 6.45) is -2.28. The number of nitrogens with zero attached hydrogens (tertiary/aromatic N) is 1. The molecule has 2 saturated heterocycles. The van der Waals surface area contributed by atoms with Crippen LogP contribution in [0.1, 0.15) is 73.6 Å². The van der Waals surface area contributed by atoms with E-state index in [-0.39, 0.29) is 78.1 Å². The number of primary amides is 1. The maximum Gasteiger partial charge on any atom is 0.404 e. The molecule has 0 bridgehead atoms. The number of guanidine groups is 1. The van der Waals surface area contributed by atoms with Gasteiger partial charge in [-0.2, -0.15) is 0 Å². The third-order valence-electron chi connectivity index (χ3n) is 11.6. The molecule has 0 spiro atoms. The van der Waals surface area contributed by atoms with E-state index in [1.54, 1.807) is 32.6 Å². The molecule has 68 heavy (non-hydrogen) atoms. The first-order chi connectivity index (χ1) is 31.6. The SMILES string of the molecule is CO[C@@]12[C@H](COC(N)=O)C3=C(C(=O)C(C)=C(NC(C)(C)CCSSC[C@H](NC(=O)[C@H](CC(=O)O)NC(=O)[C@H](CCCNC(=N)N)NC(=O)[C@H](CC(=O)O)NC(C)(C)C)C(=O)O)C3=O)N1C[C@@H]1N[C@@H]12. The van der Waals surface area contributed by atoms with Crippen LogP contribution in [0.15, 0.2) is 22.5 Å². The van der Waals surface area contributed by atoms with E-state index < -0.39 is 107 Å². The molecule has 0 aromatic rings. The molecule has 378 valence electrons. The number of methoxy groups -OCH3 is 1. The Morgan fingerprint density at radius 1 is 0.897 bits per heavy atom. The van der Waals surface area contributed by atoms with E-state index in [1.165, 1.54) is 17.9 Å². The summed E-state index contributed by atoms with van der Waals surface area (Å²) in [6, 6.07) is -6.29. The van der Waals surface area contributed by atoms with Crippen LogP contribution >= 0.6 is 21.6 Å². The van der Waals surface area contributed by atoms with Crippen LogP contribution in [-0.4, -0.2) is 171 Å². The number of carboxylic acids is 3. The number of allylic oxidation sites excluding steroid dienone is 2. The van der Waals surface area contributed by atoms with Gasteiger partial charge < -0.3 is 78.4 Å². The Hall–Kier alpha value is -5.64. The van der Waals surface area contributed by atoms with Crippen LogP contribution in [0.3, 0.4) is 0 Å². The van der Waals surface area contributed by atoms with Crippen LogP contribution in [0.2, 0.25) is 0 Å². The third kappa shape index (κ3) is 13.8. The number of ketones is 2. The van der Waals surface area contributed by atoms with Gasteiger partial charge in [-0.1, -0.05) is 21.6 Å². The monoisotopic (exact) mass is 997 g/mol. The zero-order valence-electron chi connectivity index (χ0n) is 38.9. The Kier molecular flexibility index (Phi) is 18.3. The highest BCUT2D eigenvalue weighted by atomic mass is 33.1. The standard InChI is InChI=1S/C41H63N11O14S2/c1-18-28(31(58)27-19(16-66-38(44)64)41(65-7)32-23(46-32)15-52(41)29(27)30(18)57)51-40(5,6)10-12-67-68-17-24(36(62)63)49-34(60)21(13-25(53)54)48-33(59)20(9-8-11-45-37(42)43)47-35(61)22(14-26(55)56)50-39(2,3)4/h19-24,32,46,50-51H,8-17H2,1-7H3,(H2,44,64)(H,47,61)(H,48,59)(H,49,60)(H,53,54)(H,55,56)(H,62,63)(H4,42,43,45)/t19-,20+,21+,22+,23+,24+,32+,41-/m1/s1. The van der Waals surface area contributed by atoms with Crippen molar-refractivity contribution in [2.45, 2.75) is 127 Å². The maximum absolute atomic E-state index is 14.3. The van der Waals surface area contributed by atoms with Gasteiger partial charge in [0.15, 0.2) is 11.7 Å². The lowest BCUT2D eigenvalue weighted by atomic mass is 9.82. The van der Waals surface area contributed by atoms with Crippen molar-refractivity contribution >= 4 is 80.8 Å². The molecule has 0 aromatic carbocycles. The number of piperazine rings is 1. The lowest BCUT2D eigenvalue weighted by molar-refractivity contribution is -0.143. The molecule has 25 nitrogen and oxygen atoms in total. The number of hydrogen-bond acceptors (Lipinski definition) is 18. The number of Topliss-reactive ketones (excluding diaryl/α,β-unsaturated/α-hetero) is 2. The van der Waals surface area contributed by atoms with Crippen molar-refractivity contribution in [1.82, 2.24) is 42.1 Å². The number of amides is 4. The topological polar surface area (TPSA) is 406 Å². The molecule has 0 aromatic heterocycles. The van der Waals surface area contributed by atoms with Gasteiger partial charge in [-0.05, 0) is 60.8 Å². The minimum atomic E-state index is -1.81. The molecule has 4 rings (SSSR count). The van der Waals surface area contributed by atoms with Crippen molar-refractivity contribution in [3.8, 4) is 0 Å². The van der Waals surface area contributed by atoms with E-state index >= 15 is 0 Å². The average molecular weight is 998 g/mol. The lowest BCUT2D eigenvalue weighted by Crippen LogP contribution is -2.59. The number of ether oxygens (including phenoxy) is 2. The third-order valence-corrected chi connectivity index (χ3v) is 14.0. The van der Waals surface area contributed by atoms with E-state index in [0.29, 0.717) is 18.7 Å². The summed E-state index contributed by atoms with van der Waals surface area (Å²) in [5, 5.41) is 55.4. The van der Waals surface area contributed by atoms with Crippen LogP contribution in [0, 0.1) is 11.3 Å². The van der Waals surface area contributed by atoms with Crippen LogP contribution in [0.25, 0.3) is 0 Å². The van der Waals surface area contributed by atoms with Crippen molar-refractivity contribution in [3.05, 3.63) is 22.5 Å². The molecule has 3 heterocycles. The quantitative estimate of drug-likeness (QED) is 0.0106. The molecule has 8 atom stereocenters. The molecule has 4 amide bonds. The van der Waals surface area contributed by atoms with Gasteiger partial charge in [0.25, 0.3) is 0 Å². The van der Waals surface area contributed by atoms with Gasteiger partial charge in [0.1, 0.15) is 24.7 Å². The Bertz CT molecular complexity index is 2110. The van der Waals surface area contributed by atoms with E-state index in [9.17, 15) is 58.5 Å². The number of fused-ring (bicyclic) bond motifs is 4. The fraction of sp³-hybridized carbons (Fsp3) is 0.659. The molecule has 4 aliphatic rings. The van der Waals surface area contributed by atoms with Crippen molar-refractivity contribution in [1.29, 1.82) is 5.41 Å². The minimum Gasteiger partial charge on any atom is -0.481 e. The molecule has 3 aliphatic heterocycles. The van der Waals surface area contributed by atoms with Crippen molar-refractivity contribution in [3.63, 3.8) is 0 Å².